The number of nitrogens with one attached hydrogen (secondary N) is 2. The zero-order chi connectivity index (χ0) is 13.0. The van der Waals surface area contributed by atoms with Crippen molar-refractivity contribution >= 4 is 23.4 Å². The first-order valence-corrected chi connectivity index (χ1v) is 6.90. The van der Waals surface area contributed by atoms with Crippen molar-refractivity contribution in [2.75, 3.05) is 23.4 Å². The first-order valence-electron chi connectivity index (χ1n) is 5.74. The number of benzene rings is 1. The Morgan fingerprint density at radius 1 is 1.61 bits per heavy atom. The van der Waals surface area contributed by atoms with Gasteiger partial charge in [0.2, 0.25) is 5.91 Å². The Morgan fingerprint density at radius 3 is 3.11 bits per heavy atom. The molecule has 0 bridgehead atoms. The monoisotopic (exact) mass is 270 g/mol. The number of aromatic hydroxyl groups is 1. The van der Waals surface area contributed by atoms with Crippen LogP contribution in [0.15, 0.2) is 18.2 Å². The Hall–Kier alpha value is -1.27. The molecule has 3 N–H and O–H groups in total. The number of amides is 1. The van der Waals surface area contributed by atoms with Crippen LogP contribution in [0.25, 0.3) is 0 Å². The number of halogens is 1. The molecule has 98 valence electrons. The summed E-state index contributed by atoms with van der Waals surface area (Å²) in [5.74, 6) is 0.677. The molecule has 1 atom stereocenters. The van der Waals surface area contributed by atoms with Gasteiger partial charge < -0.3 is 15.7 Å². The minimum Gasteiger partial charge on any atom is -0.505 e. The molecule has 6 heteroatoms. The van der Waals surface area contributed by atoms with Crippen LogP contribution in [0.5, 0.6) is 5.75 Å². The van der Waals surface area contributed by atoms with Crippen LogP contribution in [-0.2, 0) is 4.79 Å². The molecule has 0 saturated carbocycles. The Labute approximate surface area is 109 Å². The van der Waals surface area contributed by atoms with E-state index in [2.05, 4.69) is 10.6 Å². The van der Waals surface area contributed by atoms with Crippen molar-refractivity contribution in [3.63, 3.8) is 0 Å². The lowest BCUT2D eigenvalue weighted by Crippen LogP contribution is -2.39. The number of anilines is 1. The zero-order valence-electron chi connectivity index (χ0n) is 9.78. The van der Waals surface area contributed by atoms with Gasteiger partial charge in [-0.25, -0.2) is 4.39 Å². The van der Waals surface area contributed by atoms with E-state index in [0.29, 0.717) is 12.1 Å². The van der Waals surface area contributed by atoms with E-state index in [0.717, 1.165) is 24.1 Å². The van der Waals surface area contributed by atoms with E-state index >= 15 is 0 Å². The van der Waals surface area contributed by atoms with Crippen LogP contribution in [0.4, 0.5) is 10.1 Å². The number of phenols is 1. The van der Waals surface area contributed by atoms with Crippen molar-refractivity contribution in [3.8, 4) is 5.75 Å². The Bertz CT molecular complexity index is 436. The number of hydrogen-bond acceptors (Lipinski definition) is 4. The molecule has 1 aliphatic rings. The lowest BCUT2D eigenvalue weighted by molar-refractivity contribution is -0.116. The second-order valence-corrected chi connectivity index (χ2v) is 5.29. The predicted octanol–water partition coefficient (Wildman–Crippen LogP) is 1.56. The summed E-state index contributed by atoms with van der Waals surface area (Å²) in [5.41, 5.74) is 0.360. The first kappa shape index (κ1) is 13.2. The molecule has 0 spiro atoms. The van der Waals surface area contributed by atoms with Gasteiger partial charge >= 0.3 is 0 Å². The van der Waals surface area contributed by atoms with E-state index in [4.69, 9.17) is 5.11 Å². The maximum Gasteiger partial charge on any atom is 0.225 e. The molecule has 1 aromatic rings. The average Bonchev–Trinajstić information content (AvgIpc) is 2.35. The highest BCUT2D eigenvalue weighted by Crippen LogP contribution is 2.19. The molecule has 1 heterocycles. The van der Waals surface area contributed by atoms with Crippen LogP contribution in [-0.4, -0.2) is 35.1 Å². The van der Waals surface area contributed by atoms with Crippen LogP contribution < -0.4 is 10.6 Å². The highest BCUT2D eigenvalue weighted by atomic mass is 32.2. The fraction of sp³-hybridized carbons (Fsp3) is 0.417. The minimum atomic E-state index is -0.737. The van der Waals surface area contributed by atoms with Gasteiger partial charge in [0.15, 0.2) is 11.6 Å². The summed E-state index contributed by atoms with van der Waals surface area (Å²) >= 11 is 1.82. The van der Waals surface area contributed by atoms with E-state index in [1.165, 1.54) is 12.1 Å². The summed E-state index contributed by atoms with van der Waals surface area (Å²) < 4.78 is 13.1. The van der Waals surface area contributed by atoms with Crippen molar-refractivity contribution in [1.82, 2.24) is 5.32 Å². The maximum absolute atomic E-state index is 13.1. The standard InChI is InChI=1S/C12H15FN2O2S/c13-10-5-8(1-2-11(10)16)15-12(17)6-9-7-18-4-3-14-9/h1-2,5,9,14,16H,3-4,6-7H2,(H,15,17). The summed E-state index contributed by atoms with van der Waals surface area (Å²) in [4.78, 5) is 11.7. The number of carbonyl (C=O) groups excluding carboxylic acids is 1. The Kier molecular flexibility index (Phi) is 4.43. The van der Waals surface area contributed by atoms with E-state index in [1.54, 1.807) is 0 Å². The van der Waals surface area contributed by atoms with Gasteiger partial charge in [-0.3, -0.25) is 4.79 Å². The highest BCUT2D eigenvalue weighted by molar-refractivity contribution is 7.99. The van der Waals surface area contributed by atoms with Crippen LogP contribution in [0.3, 0.4) is 0 Å². The van der Waals surface area contributed by atoms with Crippen LogP contribution in [0.1, 0.15) is 6.42 Å². The molecule has 1 saturated heterocycles. The lowest BCUT2D eigenvalue weighted by atomic mass is 10.2. The van der Waals surface area contributed by atoms with Gasteiger partial charge in [0, 0.05) is 42.3 Å². The van der Waals surface area contributed by atoms with Crippen LogP contribution in [0.2, 0.25) is 0 Å². The molecule has 18 heavy (non-hydrogen) atoms. The van der Waals surface area contributed by atoms with Crippen LogP contribution >= 0.6 is 11.8 Å². The van der Waals surface area contributed by atoms with Crippen molar-refractivity contribution in [2.45, 2.75) is 12.5 Å². The van der Waals surface area contributed by atoms with E-state index in [-0.39, 0.29) is 11.9 Å². The SMILES string of the molecule is O=C(CC1CSCCN1)Nc1ccc(O)c(F)c1. The van der Waals surface area contributed by atoms with Gasteiger partial charge in [0.05, 0.1) is 0 Å². The quantitative estimate of drug-likeness (QED) is 0.730. The van der Waals surface area contributed by atoms with Gasteiger partial charge in [-0.1, -0.05) is 0 Å². The Morgan fingerprint density at radius 2 is 2.44 bits per heavy atom. The molecule has 0 radical (unpaired) electrons. The summed E-state index contributed by atoms with van der Waals surface area (Å²) in [6.45, 7) is 0.913. The molecule has 0 aromatic heterocycles. The molecule has 1 aromatic carbocycles. The molecule has 1 aliphatic heterocycles. The van der Waals surface area contributed by atoms with E-state index in [9.17, 15) is 9.18 Å². The van der Waals surface area contributed by atoms with Crippen molar-refractivity contribution in [3.05, 3.63) is 24.0 Å². The molecule has 0 aliphatic carbocycles. The third-order valence-electron chi connectivity index (χ3n) is 2.66. The van der Waals surface area contributed by atoms with Gasteiger partial charge in [-0.2, -0.15) is 11.8 Å². The van der Waals surface area contributed by atoms with E-state index < -0.39 is 11.6 Å². The lowest BCUT2D eigenvalue weighted by Gasteiger charge is -2.22. The van der Waals surface area contributed by atoms with Gasteiger partial charge in [-0.15, -0.1) is 0 Å². The van der Waals surface area contributed by atoms with Crippen LogP contribution in [0, 0.1) is 5.82 Å². The highest BCUT2D eigenvalue weighted by Gasteiger charge is 2.16. The summed E-state index contributed by atoms with van der Waals surface area (Å²) in [7, 11) is 0. The predicted molar refractivity (Wildman–Crippen MR) is 70.4 cm³/mol. The third kappa shape index (κ3) is 3.61. The van der Waals surface area contributed by atoms with Crippen molar-refractivity contribution in [2.24, 2.45) is 0 Å². The average molecular weight is 270 g/mol. The number of phenolic OH excluding ortho intramolecular Hbond substituents is 1. The van der Waals surface area contributed by atoms with Gasteiger partial charge in [-0.05, 0) is 12.1 Å². The largest absolute Gasteiger partial charge is 0.505 e. The number of rotatable bonds is 3. The smallest absolute Gasteiger partial charge is 0.225 e. The fourth-order valence-electron chi connectivity index (χ4n) is 1.77. The molecule has 1 amide bonds. The van der Waals surface area contributed by atoms with Crippen molar-refractivity contribution in [1.29, 1.82) is 0 Å². The second-order valence-electron chi connectivity index (χ2n) is 4.14. The maximum atomic E-state index is 13.1. The van der Waals surface area contributed by atoms with Gasteiger partial charge in [0.25, 0.3) is 0 Å². The molecular weight excluding hydrogens is 255 g/mol. The fourth-order valence-corrected chi connectivity index (χ4v) is 2.72. The topological polar surface area (TPSA) is 61.4 Å². The summed E-state index contributed by atoms with van der Waals surface area (Å²) in [6.07, 6.45) is 0.371. The molecule has 4 nitrogen and oxygen atoms in total. The minimum absolute atomic E-state index is 0.153. The molecular formula is C12H15FN2O2S. The molecule has 1 fully saturated rings. The normalized spacial score (nSPS) is 19.5. The zero-order valence-corrected chi connectivity index (χ0v) is 10.6. The Balaban J connectivity index is 1.88. The van der Waals surface area contributed by atoms with E-state index in [1.807, 2.05) is 11.8 Å². The third-order valence-corrected chi connectivity index (χ3v) is 3.79. The van der Waals surface area contributed by atoms with Gasteiger partial charge in [0.1, 0.15) is 0 Å². The number of carbonyl (C=O) groups is 1. The molecule has 1 unspecified atom stereocenters. The number of thioether (sulfide) groups is 1. The second kappa shape index (κ2) is 6.06. The first-order chi connectivity index (χ1) is 8.65. The number of hydrogen-bond donors (Lipinski definition) is 3. The molecule has 2 rings (SSSR count). The summed E-state index contributed by atoms with van der Waals surface area (Å²) in [6, 6.07) is 3.97. The summed E-state index contributed by atoms with van der Waals surface area (Å²) in [5, 5.41) is 14.9. The van der Waals surface area contributed by atoms with Crippen molar-refractivity contribution < 1.29 is 14.3 Å².